The average molecular weight is 318 g/mol. The van der Waals surface area contributed by atoms with E-state index in [1.54, 1.807) is 23.6 Å². The fourth-order valence-electron chi connectivity index (χ4n) is 2.72. The van der Waals surface area contributed by atoms with E-state index in [4.69, 9.17) is 4.74 Å². The lowest BCUT2D eigenvalue weighted by Crippen LogP contribution is -2.08. The first-order valence-electron chi connectivity index (χ1n) is 7.65. The van der Waals surface area contributed by atoms with Crippen molar-refractivity contribution in [2.75, 3.05) is 6.61 Å². The number of esters is 1. The second kappa shape index (κ2) is 5.73. The number of fused-ring (bicyclic) bond motifs is 3. The van der Waals surface area contributed by atoms with Crippen molar-refractivity contribution >= 4 is 22.6 Å². The SMILES string of the molecule is CCOC(=O)c1cc2cccnc2n2c(-c3ccccc3)nnc12. The summed E-state index contributed by atoms with van der Waals surface area (Å²) in [5.41, 5.74) is 2.42. The summed E-state index contributed by atoms with van der Waals surface area (Å²) in [7, 11) is 0. The van der Waals surface area contributed by atoms with Crippen LogP contribution < -0.4 is 0 Å². The molecule has 0 aliphatic rings. The van der Waals surface area contributed by atoms with E-state index in [1.165, 1.54) is 0 Å². The normalized spacial score (nSPS) is 11.0. The Morgan fingerprint density at radius 2 is 1.92 bits per heavy atom. The lowest BCUT2D eigenvalue weighted by atomic mass is 10.1. The van der Waals surface area contributed by atoms with Gasteiger partial charge in [-0.3, -0.25) is 4.40 Å². The molecule has 4 aromatic rings. The van der Waals surface area contributed by atoms with Crippen LogP contribution in [-0.4, -0.2) is 32.2 Å². The van der Waals surface area contributed by atoms with E-state index in [0.29, 0.717) is 29.3 Å². The van der Waals surface area contributed by atoms with Gasteiger partial charge in [0.15, 0.2) is 11.5 Å². The predicted molar refractivity (Wildman–Crippen MR) is 89.7 cm³/mol. The largest absolute Gasteiger partial charge is 0.462 e. The molecule has 0 aliphatic carbocycles. The fourth-order valence-corrected chi connectivity index (χ4v) is 2.72. The van der Waals surface area contributed by atoms with E-state index in [2.05, 4.69) is 15.2 Å². The number of pyridine rings is 2. The van der Waals surface area contributed by atoms with Crippen LogP contribution in [0.2, 0.25) is 0 Å². The van der Waals surface area contributed by atoms with Crippen LogP contribution in [0.1, 0.15) is 17.3 Å². The molecule has 4 rings (SSSR count). The van der Waals surface area contributed by atoms with Gasteiger partial charge in [-0.2, -0.15) is 0 Å². The minimum Gasteiger partial charge on any atom is -0.462 e. The van der Waals surface area contributed by atoms with Crippen molar-refractivity contribution in [3.05, 3.63) is 60.3 Å². The highest BCUT2D eigenvalue weighted by molar-refractivity contribution is 6.00. The van der Waals surface area contributed by atoms with Gasteiger partial charge in [0.1, 0.15) is 11.2 Å². The van der Waals surface area contributed by atoms with E-state index in [1.807, 2.05) is 42.5 Å². The molecule has 0 bridgehead atoms. The van der Waals surface area contributed by atoms with Gasteiger partial charge in [-0.15, -0.1) is 10.2 Å². The highest BCUT2D eigenvalue weighted by atomic mass is 16.5. The number of hydrogen-bond acceptors (Lipinski definition) is 5. The first kappa shape index (κ1) is 14.3. The Morgan fingerprint density at radius 3 is 2.71 bits per heavy atom. The van der Waals surface area contributed by atoms with Crippen molar-refractivity contribution in [2.45, 2.75) is 6.92 Å². The maximum absolute atomic E-state index is 12.3. The molecule has 0 saturated heterocycles. The Kier molecular flexibility index (Phi) is 3.42. The number of carbonyl (C=O) groups excluding carboxylic acids is 1. The number of rotatable bonds is 3. The van der Waals surface area contributed by atoms with Gasteiger partial charge in [-0.25, -0.2) is 9.78 Å². The lowest BCUT2D eigenvalue weighted by Gasteiger charge is -2.08. The average Bonchev–Trinajstić information content (AvgIpc) is 3.07. The van der Waals surface area contributed by atoms with Crippen molar-refractivity contribution in [1.82, 2.24) is 19.6 Å². The topological polar surface area (TPSA) is 69.4 Å². The van der Waals surface area contributed by atoms with Gasteiger partial charge in [0.2, 0.25) is 0 Å². The molecular weight excluding hydrogens is 304 g/mol. The first-order valence-corrected chi connectivity index (χ1v) is 7.65. The first-order chi connectivity index (χ1) is 11.8. The molecule has 0 saturated carbocycles. The molecule has 0 atom stereocenters. The predicted octanol–water partition coefficient (Wildman–Crippen LogP) is 3.12. The lowest BCUT2D eigenvalue weighted by molar-refractivity contribution is 0.0528. The van der Waals surface area contributed by atoms with Gasteiger partial charge < -0.3 is 4.74 Å². The van der Waals surface area contributed by atoms with Crippen LogP contribution in [0.15, 0.2) is 54.7 Å². The van der Waals surface area contributed by atoms with E-state index in [0.717, 1.165) is 10.9 Å². The maximum atomic E-state index is 12.3. The van der Waals surface area contributed by atoms with Crippen molar-refractivity contribution in [3.63, 3.8) is 0 Å². The molecule has 0 radical (unpaired) electrons. The van der Waals surface area contributed by atoms with Gasteiger partial charge in [0.05, 0.1) is 6.61 Å². The zero-order chi connectivity index (χ0) is 16.5. The second-order valence-electron chi connectivity index (χ2n) is 5.24. The Bertz CT molecular complexity index is 1040. The smallest absolute Gasteiger partial charge is 0.342 e. The van der Waals surface area contributed by atoms with E-state index in [9.17, 15) is 4.79 Å². The van der Waals surface area contributed by atoms with Crippen LogP contribution in [0, 0.1) is 0 Å². The molecular formula is C18H14N4O2. The van der Waals surface area contributed by atoms with E-state index in [-0.39, 0.29) is 0 Å². The Balaban J connectivity index is 2.09. The number of hydrogen-bond donors (Lipinski definition) is 0. The Hall–Kier alpha value is -3.28. The van der Waals surface area contributed by atoms with E-state index < -0.39 is 5.97 Å². The molecule has 3 aromatic heterocycles. The monoisotopic (exact) mass is 318 g/mol. The third-order valence-corrected chi connectivity index (χ3v) is 3.76. The number of carbonyl (C=O) groups is 1. The molecule has 0 spiro atoms. The summed E-state index contributed by atoms with van der Waals surface area (Å²) in [6, 6.07) is 15.2. The Morgan fingerprint density at radius 1 is 1.08 bits per heavy atom. The van der Waals surface area contributed by atoms with E-state index >= 15 is 0 Å². The Labute approximate surface area is 137 Å². The fraction of sp³-hybridized carbons (Fsp3) is 0.111. The molecule has 0 N–H and O–H groups in total. The molecule has 1 aromatic carbocycles. The molecule has 24 heavy (non-hydrogen) atoms. The van der Waals surface area contributed by atoms with Crippen molar-refractivity contribution in [1.29, 1.82) is 0 Å². The van der Waals surface area contributed by atoms with Gasteiger partial charge in [0.25, 0.3) is 0 Å². The summed E-state index contributed by atoms with van der Waals surface area (Å²) in [5, 5.41) is 9.33. The summed E-state index contributed by atoms with van der Waals surface area (Å²) in [5.74, 6) is 0.223. The third-order valence-electron chi connectivity index (χ3n) is 3.76. The minimum absolute atomic E-state index is 0.301. The van der Waals surface area contributed by atoms with Crippen LogP contribution >= 0.6 is 0 Å². The highest BCUT2D eigenvalue weighted by Gasteiger charge is 2.20. The third kappa shape index (κ3) is 2.20. The quantitative estimate of drug-likeness (QED) is 0.543. The van der Waals surface area contributed by atoms with Crippen LogP contribution in [0.25, 0.3) is 28.1 Å². The maximum Gasteiger partial charge on any atom is 0.342 e. The number of nitrogens with zero attached hydrogens (tertiary/aromatic N) is 4. The summed E-state index contributed by atoms with van der Waals surface area (Å²) in [6.07, 6.45) is 1.71. The van der Waals surface area contributed by atoms with Crippen LogP contribution in [0.3, 0.4) is 0 Å². The van der Waals surface area contributed by atoms with Crippen LogP contribution in [0.4, 0.5) is 0 Å². The number of ether oxygens (including phenoxy) is 1. The zero-order valence-electron chi connectivity index (χ0n) is 13.0. The molecule has 0 unspecified atom stereocenters. The second-order valence-corrected chi connectivity index (χ2v) is 5.24. The zero-order valence-corrected chi connectivity index (χ0v) is 13.0. The van der Waals surface area contributed by atoms with Crippen LogP contribution in [0.5, 0.6) is 0 Å². The number of benzene rings is 1. The molecule has 0 amide bonds. The molecule has 6 nitrogen and oxygen atoms in total. The molecule has 3 heterocycles. The molecule has 0 aliphatic heterocycles. The summed E-state index contributed by atoms with van der Waals surface area (Å²) in [4.78, 5) is 16.8. The summed E-state index contributed by atoms with van der Waals surface area (Å²) >= 11 is 0. The highest BCUT2D eigenvalue weighted by Crippen LogP contribution is 2.25. The summed E-state index contributed by atoms with van der Waals surface area (Å²) < 4.78 is 6.96. The van der Waals surface area contributed by atoms with Crippen molar-refractivity contribution < 1.29 is 9.53 Å². The van der Waals surface area contributed by atoms with Gasteiger partial charge in [0, 0.05) is 17.1 Å². The van der Waals surface area contributed by atoms with Crippen molar-refractivity contribution in [3.8, 4) is 11.4 Å². The number of aromatic nitrogens is 4. The van der Waals surface area contributed by atoms with Crippen LogP contribution in [-0.2, 0) is 4.74 Å². The van der Waals surface area contributed by atoms with Gasteiger partial charge >= 0.3 is 5.97 Å². The summed E-state index contributed by atoms with van der Waals surface area (Å²) in [6.45, 7) is 2.08. The molecule has 6 heteroatoms. The van der Waals surface area contributed by atoms with Gasteiger partial charge in [-0.1, -0.05) is 30.3 Å². The minimum atomic E-state index is -0.416. The molecule has 0 fully saturated rings. The van der Waals surface area contributed by atoms with Crippen molar-refractivity contribution in [2.24, 2.45) is 0 Å². The standard InChI is InChI=1S/C18H14N4O2/c1-2-24-18(23)14-11-13-9-6-10-19-15(13)22-16(20-21-17(14)22)12-7-4-3-5-8-12/h3-11H,2H2,1H3. The molecule has 118 valence electrons. The van der Waals surface area contributed by atoms with Gasteiger partial charge in [-0.05, 0) is 25.1 Å².